The highest BCUT2D eigenvalue weighted by Crippen LogP contribution is 2.37. The Balaban J connectivity index is 1.69. The highest BCUT2D eigenvalue weighted by Gasteiger charge is 2.18. The van der Waals surface area contributed by atoms with E-state index in [0.717, 1.165) is 12.1 Å². The Kier molecular flexibility index (Phi) is 3.78. The van der Waals surface area contributed by atoms with Crippen LogP contribution in [-0.4, -0.2) is 25.7 Å². The van der Waals surface area contributed by atoms with E-state index in [4.69, 9.17) is 0 Å². The molecular formula is C17H16N2O3. The molecule has 5 nitrogen and oxygen atoms in total. The Labute approximate surface area is 128 Å². The van der Waals surface area contributed by atoms with E-state index >= 15 is 0 Å². The molecule has 0 fully saturated rings. The predicted octanol–water partition coefficient (Wildman–Crippen LogP) is 2.55. The van der Waals surface area contributed by atoms with Crippen LogP contribution in [-0.2, 0) is 16.0 Å². The molecule has 5 heteroatoms. The van der Waals surface area contributed by atoms with Crippen molar-refractivity contribution >= 4 is 17.7 Å². The van der Waals surface area contributed by atoms with Crippen LogP contribution in [0.3, 0.4) is 0 Å². The van der Waals surface area contributed by atoms with Crippen LogP contribution >= 0.6 is 0 Å². The molecular weight excluding hydrogens is 280 g/mol. The molecule has 0 heterocycles. The Morgan fingerprint density at radius 1 is 1.09 bits per heavy atom. The molecule has 2 aromatic rings. The standard InChI is InChI=1S/C17H16N2O3/c1-22-17(21)18-10-16(20)19-13-6-7-15-12(9-13)8-11-4-2-3-5-14(11)15/h2-7,9H,8,10H2,1H3,(H,18,21)(H,19,20). The first-order valence-electron chi connectivity index (χ1n) is 7.00. The summed E-state index contributed by atoms with van der Waals surface area (Å²) in [5, 5.41) is 5.11. The lowest BCUT2D eigenvalue weighted by molar-refractivity contribution is -0.115. The van der Waals surface area contributed by atoms with E-state index in [9.17, 15) is 9.59 Å². The van der Waals surface area contributed by atoms with Gasteiger partial charge in [0.25, 0.3) is 0 Å². The number of nitrogens with one attached hydrogen (secondary N) is 2. The lowest BCUT2D eigenvalue weighted by Crippen LogP contribution is -2.32. The van der Waals surface area contributed by atoms with Crippen LogP contribution in [0.25, 0.3) is 11.1 Å². The molecule has 2 aromatic carbocycles. The molecule has 0 radical (unpaired) electrons. The van der Waals surface area contributed by atoms with Gasteiger partial charge in [0.15, 0.2) is 0 Å². The summed E-state index contributed by atoms with van der Waals surface area (Å²) in [4.78, 5) is 22.7. The van der Waals surface area contributed by atoms with E-state index in [1.54, 1.807) is 0 Å². The number of benzene rings is 2. The first-order chi connectivity index (χ1) is 10.7. The van der Waals surface area contributed by atoms with Crippen molar-refractivity contribution in [3.05, 3.63) is 53.6 Å². The van der Waals surface area contributed by atoms with Gasteiger partial charge in [0.2, 0.25) is 5.91 Å². The smallest absolute Gasteiger partial charge is 0.407 e. The topological polar surface area (TPSA) is 67.4 Å². The van der Waals surface area contributed by atoms with Crippen molar-refractivity contribution in [1.82, 2.24) is 5.32 Å². The summed E-state index contributed by atoms with van der Waals surface area (Å²) >= 11 is 0. The summed E-state index contributed by atoms with van der Waals surface area (Å²) in [6.07, 6.45) is 0.245. The zero-order valence-corrected chi connectivity index (χ0v) is 12.2. The molecule has 0 aliphatic heterocycles. The molecule has 0 aromatic heterocycles. The van der Waals surface area contributed by atoms with Gasteiger partial charge in [-0.05, 0) is 40.8 Å². The zero-order chi connectivity index (χ0) is 15.5. The first-order valence-corrected chi connectivity index (χ1v) is 7.00. The normalized spacial score (nSPS) is 11.3. The van der Waals surface area contributed by atoms with Crippen LogP contribution in [0.2, 0.25) is 0 Å². The maximum Gasteiger partial charge on any atom is 0.407 e. The molecule has 2 N–H and O–H groups in total. The van der Waals surface area contributed by atoms with Crippen LogP contribution < -0.4 is 10.6 Å². The minimum Gasteiger partial charge on any atom is -0.453 e. The number of carbonyl (C=O) groups excluding carboxylic acids is 2. The van der Waals surface area contributed by atoms with Crippen LogP contribution in [0.1, 0.15) is 11.1 Å². The Hall–Kier alpha value is -2.82. The average molecular weight is 296 g/mol. The Bertz CT molecular complexity index is 740. The van der Waals surface area contributed by atoms with Gasteiger partial charge in [0.1, 0.15) is 6.54 Å². The number of hydrogen-bond donors (Lipinski definition) is 2. The summed E-state index contributed by atoms with van der Waals surface area (Å²) in [6, 6.07) is 14.2. The van der Waals surface area contributed by atoms with E-state index in [1.807, 2.05) is 30.3 Å². The molecule has 112 valence electrons. The highest BCUT2D eigenvalue weighted by molar-refractivity contribution is 5.94. The van der Waals surface area contributed by atoms with E-state index in [0.29, 0.717) is 0 Å². The molecule has 0 atom stereocenters. The monoisotopic (exact) mass is 296 g/mol. The van der Waals surface area contributed by atoms with Gasteiger partial charge in [0, 0.05) is 5.69 Å². The maximum atomic E-state index is 11.8. The van der Waals surface area contributed by atoms with Crippen molar-refractivity contribution in [2.45, 2.75) is 6.42 Å². The number of alkyl carbamates (subject to hydrolysis) is 1. The third kappa shape index (κ3) is 2.79. The lowest BCUT2D eigenvalue weighted by Gasteiger charge is -2.08. The van der Waals surface area contributed by atoms with Gasteiger partial charge in [-0.25, -0.2) is 4.79 Å². The number of fused-ring (bicyclic) bond motifs is 3. The quantitative estimate of drug-likeness (QED) is 0.780. The molecule has 22 heavy (non-hydrogen) atoms. The molecule has 3 rings (SSSR count). The lowest BCUT2D eigenvalue weighted by atomic mass is 10.1. The fraction of sp³-hybridized carbons (Fsp3) is 0.176. The van der Waals surface area contributed by atoms with Crippen molar-refractivity contribution in [2.75, 3.05) is 19.0 Å². The van der Waals surface area contributed by atoms with Gasteiger partial charge in [-0.15, -0.1) is 0 Å². The third-order valence-corrected chi connectivity index (χ3v) is 3.66. The zero-order valence-electron chi connectivity index (χ0n) is 12.2. The molecule has 0 saturated carbocycles. The van der Waals surface area contributed by atoms with Crippen molar-refractivity contribution < 1.29 is 14.3 Å². The van der Waals surface area contributed by atoms with E-state index < -0.39 is 6.09 Å². The summed E-state index contributed by atoms with van der Waals surface area (Å²) < 4.78 is 4.42. The van der Waals surface area contributed by atoms with Crippen LogP contribution in [0.4, 0.5) is 10.5 Å². The molecule has 0 saturated heterocycles. The van der Waals surface area contributed by atoms with Crippen LogP contribution in [0.5, 0.6) is 0 Å². The van der Waals surface area contributed by atoms with Gasteiger partial charge in [0.05, 0.1) is 7.11 Å². The maximum absolute atomic E-state index is 11.8. The molecule has 1 aliphatic carbocycles. The Morgan fingerprint density at radius 3 is 2.68 bits per heavy atom. The van der Waals surface area contributed by atoms with Gasteiger partial charge in [-0.1, -0.05) is 30.3 Å². The van der Waals surface area contributed by atoms with Crippen LogP contribution in [0, 0.1) is 0 Å². The van der Waals surface area contributed by atoms with E-state index in [2.05, 4.69) is 27.5 Å². The number of hydrogen-bond acceptors (Lipinski definition) is 3. The minimum absolute atomic E-state index is 0.121. The predicted molar refractivity (Wildman–Crippen MR) is 83.7 cm³/mol. The Morgan fingerprint density at radius 2 is 1.86 bits per heavy atom. The second kappa shape index (κ2) is 5.89. The van der Waals surface area contributed by atoms with Crippen molar-refractivity contribution in [1.29, 1.82) is 0 Å². The molecule has 0 spiro atoms. The van der Waals surface area contributed by atoms with E-state index in [-0.39, 0.29) is 12.5 Å². The van der Waals surface area contributed by atoms with Crippen molar-refractivity contribution in [3.8, 4) is 11.1 Å². The van der Waals surface area contributed by atoms with Crippen LogP contribution in [0.15, 0.2) is 42.5 Å². The number of ether oxygens (including phenoxy) is 1. The van der Waals surface area contributed by atoms with Crippen molar-refractivity contribution in [2.24, 2.45) is 0 Å². The third-order valence-electron chi connectivity index (χ3n) is 3.66. The van der Waals surface area contributed by atoms with Crippen molar-refractivity contribution in [3.63, 3.8) is 0 Å². The second-order valence-corrected chi connectivity index (χ2v) is 5.10. The first kappa shape index (κ1) is 14.1. The highest BCUT2D eigenvalue weighted by atomic mass is 16.5. The fourth-order valence-electron chi connectivity index (χ4n) is 2.65. The van der Waals surface area contributed by atoms with Gasteiger partial charge in [-0.2, -0.15) is 0 Å². The summed E-state index contributed by atoms with van der Waals surface area (Å²) in [5.74, 6) is -0.291. The summed E-state index contributed by atoms with van der Waals surface area (Å²) in [7, 11) is 1.26. The number of rotatable bonds is 3. The minimum atomic E-state index is -0.625. The summed E-state index contributed by atoms with van der Waals surface area (Å²) in [6.45, 7) is -0.121. The number of carbonyl (C=O) groups is 2. The number of anilines is 1. The largest absolute Gasteiger partial charge is 0.453 e. The average Bonchev–Trinajstić information content (AvgIpc) is 2.90. The molecule has 0 bridgehead atoms. The molecule has 0 unspecified atom stereocenters. The second-order valence-electron chi connectivity index (χ2n) is 5.10. The van der Waals surface area contributed by atoms with Gasteiger partial charge >= 0.3 is 6.09 Å². The SMILES string of the molecule is COC(=O)NCC(=O)Nc1ccc2c(c1)Cc1ccccc1-2. The summed E-state index contributed by atoms with van der Waals surface area (Å²) in [5.41, 5.74) is 5.68. The van der Waals surface area contributed by atoms with E-state index in [1.165, 1.54) is 29.4 Å². The van der Waals surface area contributed by atoms with Gasteiger partial charge < -0.3 is 15.4 Å². The fourth-order valence-corrected chi connectivity index (χ4v) is 2.65. The number of amides is 2. The van der Waals surface area contributed by atoms with Gasteiger partial charge in [-0.3, -0.25) is 4.79 Å². The number of methoxy groups -OCH3 is 1. The molecule has 1 aliphatic rings. The molecule has 2 amide bonds.